The first-order chi connectivity index (χ1) is 17.8. The molecular formula is C27H25N3O5S2. The molecule has 4 aromatic rings. The van der Waals surface area contributed by atoms with Crippen molar-refractivity contribution >= 4 is 44.1 Å². The van der Waals surface area contributed by atoms with Crippen LogP contribution in [0.3, 0.4) is 0 Å². The number of esters is 1. The fourth-order valence-corrected chi connectivity index (χ4v) is 6.01. The van der Waals surface area contributed by atoms with Gasteiger partial charge >= 0.3 is 5.97 Å². The van der Waals surface area contributed by atoms with Gasteiger partial charge in [0.25, 0.3) is 15.9 Å². The quantitative estimate of drug-likeness (QED) is 0.286. The number of nitrogens with zero attached hydrogens (tertiary/aromatic N) is 2. The van der Waals surface area contributed by atoms with E-state index in [2.05, 4.69) is 10.3 Å². The first kappa shape index (κ1) is 26.1. The van der Waals surface area contributed by atoms with Gasteiger partial charge in [0.2, 0.25) is 0 Å². The Kier molecular flexibility index (Phi) is 8.00. The minimum atomic E-state index is -3.81. The van der Waals surface area contributed by atoms with Crippen LogP contribution in [-0.4, -0.2) is 38.4 Å². The molecule has 0 fully saturated rings. The molecule has 37 heavy (non-hydrogen) atoms. The lowest BCUT2D eigenvalue weighted by Gasteiger charge is -2.22. The second-order valence-electron chi connectivity index (χ2n) is 7.77. The van der Waals surface area contributed by atoms with Gasteiger partial charge in [-0.05, 0) is 50.2 Å². The minimum absolute atomic E-state index is 0.0694. The van der Waals surface area contributed by atoms with Gasteiger partial charge in [-0.15, -0.1) is 0 Å². The lowest BCUT2D eigenvalue weighted by molar-refractivity contribution is 0.0532. The Balaban J connectivity index is 1.56. The van der Waals surface area contributed by atoms with Crippen LogP contribution in [0.4, 0.5) is 10.8 Å². The third-order valence-corrected chi connectivity index (χ3v) is 8.26. The number of rotatable bonds is 9. The zero-order valence-corrected chi connectivity index (χ0v) is 21.9. The number of carbonyl (C=O) groups excluding carboxylic acids is 2. The number of nitrogens with one attached hydrogen (secondary N) is 1. The molecule has 3 aromatic carbocycles. The highest BCUT2D eigenvalue weighted by atomic mass is 32.2. The maximum absolute atomic E-state index is 13.2. The molecule has 0 atom stereocenters. The number of hydrogen-bond donors (Lipinski definition) is 1. The largest absolute Gasteiger partial charge is 0.462 e. The zero-order chi connectivity index (χ0) is 26.4. The van der Waals surface area contributed by atoms with Gasteiger partial charge in [0.05, 0.1) is 22.9 Å². The van der Waals surface area contributed by atoms with Crippen LogP contribution in [-0.2, 0) is 14.8 Å². The summed E-state index contributed by atoms with van der Waals surface area (Å²) >= 11 is 1.02. The van der Waals surface area contributed by atoms with E-state index >= 15 is 0 Å². The van der Waals surface area contributed by atoms with Crippen LogP contribution in [0, 0.1) is 0 Å². The molecule has 0 radical (unpaired) electrons. The highest BCUT2D eigenvalue weighted by Crippen LogP contribution is 2.32. The number of thiazole rings is 1. The first-order valence-corrected chi connectivity index (χ1v) is 13.8. The van der Waals surface area contributed by atoms with Crippen LogP contribution in [0.5, 0.6) is 0 Å². The number of sulfonamides is 1. The van der Waals surface area contributed by atoms with E-state index in [9.17, 15) is 18.0 Å². The predicted molar refractivity (Wildman–Crippen MR) is 145 cm³/mol. The summed E-state index contributed by atoms with van der Waals surface area (Å²) in [4.78, 5) is 30.2. The average Bonchev–Trinajstić information content (AvgIpc) is 3.34. The Bertz CT molecular complexity index is 1490. The average molecular weight is 536 g/mol. The molecule has 190 valence electrons. The Morgan fingerprint density at radius 1 is 0.919 bits per heavy atom. The molecule has 0 saturated heterocycles. The third kappa shape index (κ3) is 5.71. The molecule has 0 spiro atoms. The molecule has 0 saturated carbocycles. The summed E-state index contributed by atoms with van der Waals surface area (Å²) in [5.41, 5.74) is 1.94. The normalized spacial score (nSPS) is 11.1. The minimum Gasteiger partial charge on any atom is -0.462 e. The lowest BCUT2D eigenvalue weighted by Crippen LogP contribution is -2.30. The van der Waals surface area contributed by atoms with Crippen molar-refractivity contribution in [3.63, 3.8) is 0 Å². The smallest absolute Gasteiger partial charge is 0.350 e. The number of amides is 1. The monoisotopic (exact) mass is 535 g/mol. The van der Waals surface area contributed by atoms with Crippen molar-refractivity contribution in [3.05, 3.63) is 95.4 Å². The number of para-hydroxylation sites is 1. The number of aromatic nitrogens is 1. The van der Waals surface area contributed by atoms with Crippen LogP contribution in [0.1, 0.15) is 33.9 Å². The van der Waals surface area contributed by atoms with Crippen LogP contribution < -0.4 is 9.62 Å². The van der Waals surface area contributed by atoms with Crippen molar-refractivity contribution in [2.75, 3.05) is 22.8 Å². The van der Waals surface area contributed by atoms with Gasteiger partial charge in [-0.25, -0.2) is 18.2 Å². The predicted octanol–water partition coefficient (Wildman–Crippen LogP) is 5.45. The summed E-state index contributed by atoms with van der Waals surface area (Å²) in [5, 5.41) is 2.93. The van der Waals surface area contributed by atoms with Gasteiger partial charge in [-0.1, -0.05) is 59.9 Å². The summed E-state index contributed by atoms with van der Waals surface area (Å²) < 4.78 is 32.9. The summed E-state index contributed by atoms with van der Waals surface area (Å²) in [6.07, 6.45) is 0. The van der Waals surface area contributed by atoms with E-state index in [1.807, 2.05) is 36.4 Å². The topological polar surface area (TPSA) is 106 Å². The summed E-state index contributed by atoms with van der Waals surface area (Å²) in [6.45, 7) is 3.94. The summed E-state index contributed by atoms with van der Waals surface area (Å²) in [6, 6.07) is 23.7. The molecule has 1 amide bonds. The SMILES string of the molecule is CCOC(=O)c1sc(NC(=O)c2ccc(S(=O)(=O)N(CC)c3ccccc3)cc2)nc1-c1ccccc1. The molecule has 0 aliphatic heterocycles. The van der Waals surface area contributed by atoms with Gasteiger partial charge < -0.3 is 4.74 Å². The number of ether oxygens (including phenoxy) is 1. The standard InChI is InChI=1S/C27H25N3O5S2/c1-3-30(21-13-9-6-10-14-21)37(33,34)22-17-15-20(16-18-22)25(31)29-27-28-23(19-11-7-5-8-12-19)24(36-27)26(32)35-4-2/h5-18H,3-4H2,1-2H3,(H,28,29,31). The van der Waals surface area contributed by atoms with E-state index in [1.165, 1.54) is 28.6 Å². The van der Waals surface area contributed by atoms with Gasteiger partial charge in [-0.2, -0.15) is 0 Å². The third-order valence-electron chi connectivity index (χ3n) is 5.39. The Hall–Kier alpha value is -4.02. The zero-order valence-electron chi connectivity index (χ0n) is 20.2. The Morgan fingerprint density at radius 2 is 1.54 bits per heavy atom. The van der Waals surface area contributed by atoms with Crippen LogP contribution in [0.25, 0.3) is 11.3 Å². The molecule has 0 bridgehead atoms. The van der Waals surface area contributed by atoms with Crippen molar-refractivity contribution in [1.29, 1.82) is 0 Å². The summed E-state index contributed by atoms with van der Waals surface area (Å²) in [7, 11) is -3.81. The molecule has 0 aliphatic carbocycles. The molecule has 1 N–H and O–H groups in total. The summed E-state index contributed by atoms with van der Waals surface area (Å²) in [5.74, 6) is -1.00. The number of anilines is 2. The Morgan fingerprint density at radius 3 is 2.14 bits per heavy atom. The van der Waals surface area contributed by atoms with E-state index in [0.29, 0.717) is 11.4 Å². The van der Waals surface area contributed by atoms with Crippen LogP contribution >= 0.6 is 11.3 Å². The second kappa shape index (κ2) is 11.4. The van der Waals surface area contributed by atoms with E-state index < -0.39 is 21.9 Å². The fourth-order valence-electron chi connectivity index (χ4n) is 3.66. The number of hydrogen-bond acceptors (Lipinski definition) is 7. The van der Waals surface area contributed by atoms with E-state index in [0.717, 1.165) is 16.9 Å². The van der Waals surface area contributed by atoms with Crippen molar-refractivity contribution in [3.8, 4) is 11.3 Å². The lowest BCUT2D eigenvalue weighted by atomic mass is 10.1. The second-order valence-corrected chi connectivity index (χ2v) is 10.6. The van der Waals surface area contributed by atoms with Crippen LogP contribution in [0.2, 0.25) is 0 Å². The highest BCUT2D eigenvalue weighted by Gasteiger charge is 2.25. The maximum atomic E-state index is 13.2. The molecule has 10 heteroatoms. The number of carbonyl (C=O) groups is 2. The van der Waals surface area contributed by atoms with E-state index in [1.54, 1.807) is 38.1 Å². The van der Waals surface area contributed by atoms with Gasteiger partial charge in [0, 0.05) is 17.7 Å². The van der Waals surface area contributed by atoms with Crippen molar-refractivity contribution in [2.45, 2.75) is 18.7 Å². The maximum Gasteiger partial charge on any atom is 0.350 e. The molecule has 0 unspecified atom stereocenters. The molecule has 1 aromatic heterocycles. The Labute approximate surface area is 219 Å². The molecule has 0 aliphatic rings. The first-order valence-electron chi connectivity index (χ1n) is 11.6. The van der Waals surface area contributed by atoms with E-state index in [-0.39, 0.29) is 33.6 Å². The van der Waals surface area contributed by atoms with Crippen LogP contribution in [0.15, 0.2) is 89.8 Å². The highest BCUT2D eigenvalue weighted by molar-refractivity contribution is 7.92. The number of benzene rings is 3. The molecular weight excluding hydrogens is 510 g/mol. The van der Waals surface area contributed by atoms with E-state index in [4.69, 9.17) is 4.74 Å². The fraction of sp³-hybridized carbons (Fsp3) is 0.148. The van der Waals surface area contributed by atoms with Gasteiger partial charge in [-0.3, -0.25) is 14.4 Å². The molecule has 8 nitrogen and oxygen atoms in total. The van der Waals surface area contributed by atoms with Crippen molar-refractivity contribution in [2.24, 2.45) is 0 Å². The molecule has 4 rings (SSSR count). The molecule has 1 heterocycles. The van der Waals surface area contributed by atoms with Crippen molar-refractivity contribution < 1.29 is 22.7 Å². The van der Waals surface area contributed by atoms with Gasteiger partial charge in [0.15, 0.2) is 5.13 Å². The van der Waals surface area contributed by atoms with Gasteiger partial charge in [0.1, 0.15) is 4.88 Å². The van der Waals surface area contributed by atoms with Crippen molar-refractivity contribution in [1.82, 2.24) is 4.98 Å².